The molecule has 0 spiro atoms. The van der Waals surface area contributed by atoms with E-state index >= 15 is 0 Å². The molecule has 4 aromatic rings. The van der Waals surface area contributed by atoms with Crippen molar-refractivity contribution in [1.29, 1.82) is 0 Å². The number of ketones is 1. The molecule has 4 rings (SSSR count). The van der Waals surface area contributed by atoms with Gasteiger partial charge in [-0.05, 0) is 12.1 Å². The second-order valence-corrected chi connectivity index (χ2v) is 5.86. The van der Waals surface area contributed by atoms with Crippen molar-refractivity contribution < 1.29 is 9.90 Å². The first kappa shape index (κ1) is 15.8. The molecule has 0 fully saturated rings. The molecule has 0 aliphatic heterocycles. The topological polar surface area (TPSA) is 55.1 Å². The van der Waals surface area contributed by atoms with Gasteiger partial charge in [-0.2, -0.15) is 9.78 Å². The van der Waals surface area contributed by atoms with Crippen molar-refractivity contribution in [3.63, 3.8) is 0 Å². The standard InChI is InChI=1S/C22H16N2O2/c25-21(17-12-6-2-7-13-17)19-20(16-10-4-1-5-11-16)23-24(22(19)26)18-14-8-3-9-15-18/h1-15,26H. The van der Waals surface area contributed by atoms with Crippen LogP contribution in [0.25, 0.3) is 16.9 Å². The summed E-state index contributed by atoms with van der Waals surface area (Å²) >= 11 is 0. The van der Waals surface area contributed by atoms with Gasteiger partial charge in [0.25, 0.3) is 0 Å². The van der Waals surface area contributed by atoms with E-state index in [1.165, 1.54) is 4.68 Å². The van der Waals surface area contributed by atoms with Crippen LogP contribution in [0, 0.1) is 0 Å². The molecular formula is C22H16N2O2. The fraction of sp³-hybridized carbons (Fsp3) is 0. The van der Waals surface area contributed by atoms with E-state index in [9.17, 15) is 9.90 Å². The van der Waals surface area contributed by atoms with Crippen LogP contribution in [0.4, 0.5) is 0 Å². The summed E-state index contributed by atoms with van der Waals surface area (Å²) in [5.41, 5.74) is 2.63. The average Bonchev–Trinajstić information content (AvgIpc) is 3.06. The average molecular weight is 340 g/mol. The first-order valence-electron chi connectivity index (χ1n) is 8.28. The molecule has 1 N–H and O–H groups in total. The van der Waals surface area contributed by atoms with Crippen LogP contribution in [-0.2, 0) is 0 Å². The molecule has 1 heterocycles. The highest BCUT2D eigenvalue weighted by Crippen LogP contribution is 2.33. The predicted molar refractivity (Wildman–Crippen MR) is 101 cm³/mol. The van der Waals surface area contributed by atoms with Gasteiger partial charge in [-0.25, -0.2) is 0 Å². The molecule has 4 heteroatoms. The van der Waals surface area contributed by atoms with Gasteiger partial charge in [0, 0.05) is 11.1 Å². The number of carbonyl (C=O) groups is 1. The van der Waals surface area contributed by atoms with Gasteiger partial charge in [-0.15, -0.1) is 0 Å². The Hall–Kier alpha value is -3.66. The Kier molecular flexibility index (Phi) is 4.07. The third-order valence-electron chi connectivity index (χ3n) is 4.17. The van der Waals surface area contributed by atoms with Crippen LogP contribution in [-0.4, -0.2) is 20.7 Å². The van der Waals surface area contributed by atoms with Crippen LogP contribution in [0.3, 0.4) is 0 Å². The highest BCUT2D eigenvalue weighted by Gasteiger charge is 2.26. The van der Waals surface area contributed by atoms with Crippen molar-refractivity contribution in [2.24, 2.45) is 0 Å². The Bertz CT molecular complexity index is 1040. The van der Waals surface area contributed by atoms with E-state index in [4.69, 9.17) is 0 Å². The number of carbonyl (C=O) groups excluding carboxylic acids is 1. The lowest BCUT2D eigenvalue weighted by atomic mass is 10.00. The number of aromatic nitrogens is 2. The van der Waals surface area contributed by atoms with Crippen molar-refractivity contribution in [2.45, 2.75) is 0 Å². The van der Waals surface area contributed by atoms with Gasteiger partial charge in [0.1, 0.15) is 11.3 Å². The first-order valence-corrected chi connectivity index (χ1v) is 8.28. The molecular weight excluding hydrogens is 324 g/mol. The quantitative estimate of drug-likeness (QED) is 0.558. The van der Waals surface area contributed by atoms with Crippen molar-refractivity contribution in [3.8, 4) is 22.8 Å². The van der Waals surface area contributed by atoms with Gasteiger partial charge >= 0.3 is 0 Å². The maximum atomic E-state index is 13.1. The highest BCUT2D eigenvalue weighted by molar-refractivity contribution is 6.14. The molecule has 0 unspecified atom stereocenters. The normalized spacial score (nSPS) is 10.6. The molecule has 0 bridgehead atoms. The Morgan fingerprint density at radius 1 is 0.769 bits per heavy atom. The molecule has 126 valence electrons. The Labute approximate surface area is 151 Å². The number of rotatable bonds is 4. The molecule has 0 saturated heterocycles. The van der Waals surface area contributed by atoms with Gasteiger partial charge < -0.3 is 5.11 Å². The third kappa shape index (κ3) is 2.78. The summed E-state index contributed by atoms with van der Waals surface area (Å²) in [6.45, 7) is 0. The SMILES string of the molecule is O=C(c1ccccc1)c1c(-c2ccccc2)nn(-c2ccccc2)c1O. The zero-order valence-electron chi connectivity index (χ0n) is 13.9. The molecule has 0 aliphatic carbocycles. The van der Waals surface area contributed by atoms with Crippen LogP contribution < -0.4 is 0 Å². The largest absolute Gasteiger partial charge is 0.493 e. The summed E-state index contributed by atoms with van der Waals surface area (Å²) in [5, 5.41) is 15.4. The molecule has 0 saturated carbocycles. The molecule has 0 amide bonds. The van der Waals surface area contributed by atoms with Gasteiger partial charge in [0.15, 0.2) is 0 Å². The number of para-hydroxylation sites is 1. The van der Waals surface area contributed by atoms with E-state index < -0.39 is 0 Å². The molecule has 4 nitrogen and oxygen atoms in total. The van der Waals surface area contributed by atoms with E-state index in [0.29, 0.717) is 16.9 Å². The monoisotopic (exact) mass is 340 g/mol. The van der Waals surface area contributed by atoms with Crippen molar-refractivity contribution in [2.75, 3.05) is 0 Å². The lowest BCUT2D eigenvalue weighted by Gasteiger charge is -2.04. The summed E-state index contributed by atoms with van der Waals surface area (Å²) < 4.78 is 1.40. The molecule has 0 radical (unpaired) electrons. The van der Waals surface area contributed by atoms with Crippen LogP contribution in [0.5, 0.6) is 5.88 Å². The Balaban J connectivity index is 1.94. The lowest BCUT2D eigenvalue weighted by molar-refractivity contribution is 0.103. The van der Waals surface area contributed by atoms with Crippen LogP contribution in [0.1, 0.15) is 15.9 Å². The minimum atomic E-state index is -0.260. The summed E-state index contributed by atoms with van der Waals surface area (Å²) in [4.78, 5) is 13.1. The highest BCUT2D eigenvalue weighted by atomic mass is 16.3. The molecule has 0 aliphatic rings. The van der Waals surface area contributed by atoms with Crippen molar-refractivity contribution >= 4 is 5.78 Å². The predicted octanol–water partition coefficient (Wildman–Crippen LogP) is 4.48. The van der Waals surface area contributed by atoms with Gasteiger partial charge in [-0.1, -0.05) is 78.9 Å². The maximum Gasteiger partial charge on any atom is 0.226 e. The van der Waals surface area contributed by atoms with Gasteiger partial charge in [0.05, 0.1) is 5.69 Å². The molecule has 1 aromatic heterocycles. The van der Waals surface area contributed by atoms with Crippen LogP contribution >= 0.6 is 0 Å². The minimum Gasteiger partial charge on any atom is -0.493 e. The van der Waals surface area contributed by atoms with E-state index in [-0.39, 0.29) is 17.2 Å². The fourth-order valence-electron chi connectivity index (χ4n) is 2.90. The van der Waals surface area contributed by atoms with E-state index in [0.717, 1.165) is 5.56 Å². The number of hydrogen-bond acceptors (Lipinski definition) is 3. The van der Waals surface area contributed by atoms with Crippen LogP contribution in [0.15, 0.2) is 91.0 Å². The van der Waals surface area contributed by atoms with E-state index in [1.807, 2.05) is 66.7 Å². The van der Waals surface area contributed by atoms with Crippen LogP contribution in [0.2, 0.25) is 0 Å². The van der Waals surface area contributed by atoms with Crippen molar-refractivity contribution in [3.05, 3.63) is 102 Å². The summed E-state index contributed by atoms with van der Waals surface area (Å²) in [6, 6.07) is 27.6. The van der Waals surface area contributed by atoms with Gasteiger partial charge in [0.2, 0.25) is 11.7 Å². The second-order valence-electron chi connectivity index (χ2n) is 5.86. The maximum absolute atomic E-state index is 13.1. The smallest absolute Gasteiger partial charge is 0.226 e. The second kappa shape index (κ2) is 6.69. The Morgan fingerprint density at radius 3 is 1.92 bits per heavy atom. The van der Waals surface area contributed by atoms with Crippen molar-refractivity contribution in [1.82, 2.24) is 9.78 Å². The zero-order valence-corrected chi connectivity index (χ0v) is 13.9. The number of benzene rings is 3. The van der Waals surface area contributed by atoms with Gasteiger partial charge in [-0.3, -0.25) is 4.79 Å². The Morgan fingerprint density at radius 2 is 1.31 bits per heavy atom. The first-order chi connectivity index (χ1) is 12.8. The zero-order chi connectivity index (χ0) is 17.9. The lowest BCUT2D eigenvalue weighted by Crippen LogP contribution is -2.02. The number of nitrogens with zero attached hydrogens (tertiary/aromatic N) is 2. The third-order valence-corrected chi connectivity index (χ3v) is 4.17. The number of aromatic hydroxyl groups is 1. The fourth-order valence-corrected chi connectivity index (χ4v) is 2.90. The molecule has 26 heavy (non-hydrogen) atoms. The molecule has 3 aromatic carbocycles. The van der Waals surface area contributed by atoms with E-state index in [1.54, 1.807) is 24.3 Å². The number of hydrogen-bond donors (Lipinski definition) is 1. The summed E-state index contributed by atoms with van der Waals surface area (Å²) in [7, 11) is 0. The van der Waals surface area contributed by atoms with E-state index in [2.05, 4.69) is 5.10 Å². The molecule has 0 atom stereocenters. The summed E-state index contributed by atoms with van der Waals surface area (Å²) in [5.74, 6) is -0.423. The summed E-state index contributed by atoms with van der Waals surface area (Å²) in [6.07, 6.45) is 0. The minimum absolute atomic E-state index is 0.163.